The van der Waals surface area contributed by atoms with Gasteiger partial charge < -0.3 is 15.0 Å². The van der Waals surface area contributed by atoms with Crippen molar-refractivity contribution in [1.29, 1.82) is 0 Å². The third-order valence-electron chi connectivity index (χ3n) is 3.32. The number of hydrogen-bond acceptors (Lipinski definition) is 5. The van der Waals surface area contributed by atoms with Crippen LogP contribution in [0.3, 0.4) is 0 Å². The van der Waals surface area contributed by atoms with Crippen molar-refractivity contribution in [2.24, 2.45) is 4.99 Å². The molecular formula is C15H30N4O2. The quantitative estimate of drug-likeness (QED) is 0.837. The maximum atomic E-state index is 12.0. The zero-order valence-electron chi connectivity index (χ0n) is 14.1. The van der Waals surface area contributed by atoms with Gasteiger partial charge in [-0.05, 0) is 33.9 Å². The van der Waals surface area contributed by atoms with Gasteiger partial charge in [-0.1, -0.05) is 13.8 Å². The minimum atomic E-state index is -0.456. The second-order valence-electron chi connectivity index (χ2n) is 6.18. The van der Waals surface area contributed by atoms with E-state index in [2.05, 4.69) is 29.1 Å². The highest BCUT2D eigenvalue weighted by Gasteiger charge is 2.24. The van der Waals surface area contributed by atoms with Gasteiger partial charge in [0.2, 0.25) is 0 Å². The van der Waals surface area contributed by atoms with E-state index >= 15 is 0 Å². The van der Waals surface area contributed by atoms with Crippen molar-refractivity contribution >= 4 is 11.9 Å². The Labute approximate surface area is 128 Å². The molecule has 0 saturated carbocycles. The molecule has 0 aromatic carbocycles. The highest BCUT2D eigenvalue weighted by atomic mass is 16.6. The van der Waals surface area contributed by atoms with Crippen molar-refractivity contribution in [2.45, 2.75) is 40.2 Å². The van der Waals surface area contributed by atoms with Gasteiger partial charge in [0.15, 0.2) is 0 Å². The van der Waals surface area contributed by atoms with Gasteiger partial charge in [0.05, 0.1) is 13.1 Å². The minimum absolute atomic E-state index is 0.263. The average Bonchev–Trinajstić information content (AvgIpc) is 2.42. The van der Waals surface area contributed by atoms with Gasteiger partial charge >= 0.3 is 6.09 Å². The van der Waals surface area contributed by atoms with Crippen LogP contribution in [0.1, 0.15) is 34.6 Å². The molecule has 1 aliphatic rings. The van der Waals surface area contributed by atoms with E-state index in [9.17, 15) is 4.79 Å². The highest BCUT2D eigenvalue weighted by molar-refractivity contribution is 5.87. The first-order valence-corrected chi connectivity index (χ1v) is 7.83. The maximum absolute atomic E-state index is 12.0. The average molecular weight is 298 g/mol. The normalized spacial score (nSPS) is 15.9. The van der Waals surface area contributed by atoms with Gasteiger partial charge in [0, 0.05) is 19.6 Å². The van der Waals surface area contributed by atoms with Crippen LogP contribution in [-0.2, 0) is 4.74 Å². The lowest BCUT2D eigenvalue weighted by Crippen LogP contribution is -2.48. The summed E-state index contributed by atoms with van der Waals surface area (Å²) in [5.41, 5.74) is -0.456. The predicted molar refractivity (Wildman–Crippen MR) is 85.9 cm³/mol. The first kappa shape index (κ1) is 17.8. The molecule has 1 amide bonds. The summed E-state index contributed by atoms with van der Waals surface area (Å²) in [6.07, 6.45) is -0.263. The molecule has 0 aromatic heterocycles. The fourth-order valence-corrected chi connectivity index (χ4v) is 2.11. The molecule has 0 bridgehead atoms. The van der Waals surface area contributed by atoms with E-state index in [4.69, 9.17) is 4.74 Å². The van der Waals surface area contributed by atoms with E-state index in [-0.39, 0.29) is 6.09 Å². The van der Waals surface area contributed by atoms with E-state index in [0.717, 1.165) is 32.0 Å². The van der Waals surface area contributed by atoms with Crippen molar-refractivity contribution < 1.29 is 9.53 Å². The number of carbonyl (C=O) groups excluding carboxylic acids is 1. The molecule has 0 spiro atoms. The number of hydrogen-bond donors (Lipinski definition) is 1. The summed E-state index contributed by atoms with van der Waals surface area (Å²) in [5, 5.41) is 3.33. The Morgan fingerprint density at radius 2 is 2.05 bits per heavy atom. The number of ether oxygens (including phenoxy) is 1. The number of amides is 1. The molecule has 0 atom stereocenters. The fraction of sp³-hybridized carbons (Fsp3) is 0.867. The number of nitrogens with zero attached hydrogens (tertiary/aromatic N) is 3. The monoisotopic (exact) mass is 298 g/mol. The number of amidine groups is 1. The molecule has 6 heteroatoms. The van der Waals surface area contributed by atoms with Crippen LogP contribution in [0.25, 0.3) is 0 Å². The van der Waals surface area contributed by atoms with Crippen LogP contribution in [0, 0.1) is 0 Å². The molecule has 1 rings (SSSR count). The topological polar surface area (TPSA) is 57.2 Å². The second-order valence-corrected chi connectivity index (χ2v) is 6.18. The van der Waals surface area contributed by atoms with Crippen molar-refractivity contribution in [3.8, 4) is 0 Å². The number of carbonyl (C=O) groups is 1. The van der Waals surface area contributed by atoms with Crippen LogP contribution in [0.5, 0.6) is 0 Å². The summed E-state index contributed by atoms with van der Waals surface area (Å²) in [4.78, 5) is 20.5. The molecule has 0 radical (unpaired) electrons. The Morgan fingerprint density at radius 3 is 2.62 bits per heavy atom. The standard InChI is InChI=1S/C15H30N4O2/c1-6-18(7-2)10-8-16-13-12-19(11-9-17-13)14(20)21-15(3,4)5/h6-12H2,1-5H3,(H,16,17). The summed E-state index contributed by atoms with van der Waals surface area (Å²) in [7, 11) is 0. The van der Waals surface area contributed by atoms with Crippen LogP contribution in [0.2, 0.25) is 0 Å². The van der Waals surface area contributed by atoms with Crippen molar-refractivity contribution in [3.63, 3.8) is 0 Å². The van der Waals surface area contributed by atoms with Gasteiger partial charge in [-0.3, -0.25) is 9.89 Å². The molecular weight excluding hydrogens is 268 g/mol. The molecule has 1 heterocycles. The summed E-state index contributed by atoms with van der Waals surface area (Å²) >= 11 is 0. The number of likely N-dealkylation sites (N-methyl/N-ethyl adjacent to an activating group) is 1. The number of nitrogens with one attached hydrogen (secondary N) is 1. The van der Waals surface area contributed by atoms with Gasteiger partial charge in [0.1, 0.15) is 11.4 Å². The summed E-state index contributed by atoms with van der Waals surface area (Å²) in [6, 6.07) is 0. The van der Waals surface area contributed by atoms with E-state index in [0.29, 0.717) is 19.6 Å². The summed E-state index contributed by atoms with van der Waals surface area (Å²) in [6.45, 7) is 15.7. The van der Waals surface area contributed by atoms with Gasteiger partial charge in [-0.2, -0.15) is 0 Å². The largest absolute Gasteiger partial charge is 0.444 e. The molecule has 122 valence electrons. The molecule has 1 aliphatic heterocycles. The van der Waals surface area contributed by atoms with Gasteiger partial charge in [0.25, 0.3) is 0 Å². The first-order chi connectivity index (χ1) is 9.85. The lowest BCUT2D eigenvalue weighted by molar-refractivity contribution is 0.0276. The second kappa shape index (κ2) is 8.22. The molecule has 1 N–H and O–H groups in total. The number of aliphatic imine (C=N–C) groups is 1. The molecule has 21 heavy (non-hydrogen) atoms. The maximum Gasteiger partial charge on any atom is 0.410 e. The zero-order chi connectivity index (χ0) is 15.9. The third-order valence-corrected chi connectivity index (χ3v) is 3.32. The molecule has 0 saturated heterocycles. The molecule has 0 fully saturated rings. The van der Waals surface area contributed by atoms with E-state index in [1.807, 2.05) is 20.8 Å². The molecule has 0 aliphatic carbocycles. The molecule has 0 aromatic rings. The SMILES string of the molecule is CCN(CC)CCNC1=NCCN(C(=O)OC(C)(C)C)C1. The zero-order valence-corrected chi connectivity index (χ0v) is 14.1. The highest BCUT2D eigenvalue weighted by Crippen LogP contribution is 2.10. The summed E-state index contributed by atoms with van der Waals surface area (Å²) in [5.74, 6) is 0.874. The Morgan fingerprint density at radius 1 is 1.38 bits per heavy atom. The van der Waals surface area contributed by atoms with Crippen LogP contribution < -0.4 is 5.32 Å². The van der Waals surface area contributed by atoms with E-state index in [1.165, 1.54) is 0 Å². The van der Waals surface area contributed by atoms with Crippen molar-refractivity contribution in [3.05, 3.63) is 0 Å². The fourth-order valence-electron chi connectivity index (χ4n) is 2.11. The van der Waals surface area contributed by atoms with Gasteiger partial charge in [-0.15, -0.1) is 0 Å². The number of rotatable bonds is 5. The van der Waals surface area contributed by atoms with E-state index in [1.54, 1.807) is 4.90 Å². The molecule has 0 unspecified atom stereocenters. The van der Waals surface area contributed by atoms with Crippen LogP contribution in [-0.4, -0.2) is 73.1 Å². The third kappa shape index (κ3) is 6.80. The Hall–Kier alpha value is -1.30. The Bertz CT molecular complexity index is 359. The van der Waals surface area contributed by atoms with Crippen LogP contribution in [0.4, 0.5) is 4.79 Å². The minimum Gasteiger partial charge on any atom is -0.444 e. The smallest absolute Gasteiger partial charge is 0.410 e. The van der Waals surface area contributed by atoms with Gasteiger partial charge in [-0.25, -0.2) is 4.79 Å². The Kier molecular flexibility index (Phi) is 6.95. The van der Waals surface area contributed by atoms with Crippen LogP contribution >= 0.6 is 0 Å². The van der Waals surface area contributed by atoms with Crippen molar-refractivity contribution in [1.82, 2.24) is 15.1 Å². The Balaban J connectivity index is 2.38. The molecule has 6 nitrogen and oxygen atoms in total. The van der Waals surface area contributed by atoms with E-state index < -0.39 is 5.60 Å². The first-order valence-electron chi connectivity index (χ1n) is 7.83. The lowest BCUT2D eigenvalue weighted by Gasteiger charge is -2.30. The predicted octanol–water partition coefficient (Wildman–Crippen LogP) is 1.57. The lowest BCUT2D eigenvalue weighted by atomic mass is 10.2. The van der Waals surface area contributed by atoms with Crippen LogP contribution in [0.15, 0.2) is 4.99 Å². The van der Waals surface area contributed by atoms with Crippen molar-refractivity contribution in [2.75, 3.05) is 45.8 Å². The summed E-state index contributed by atoms with van der Waals surface area (Å²) < 4.78 is 5.40.